The number of ether oxygens (including phenoxy) is 2. The Morgan fingerprint density at radius 3 is 2.24 bits per heavy atom. The van der Waals surface area contributed by atoms with Crippen LogP contribution in [0.25, 0.3) is 0 Å². The predicted molar refractivity (Wildman–Crippen MR) is 125 cm³/mol. The fraction of sp³-hybridized carbons (Fsp3) is 0.760. The average molecular weight is 424 g/mol. The summed E-state index contributed by atoms with van der Waals surface area (Å²) in [6.45, 7) is 5.33. The van der Waals surface area contributed by atoms with Crippen LogP contribution in [-0.4, -0.2) is 43.9 Å². The van der Waals surface area contributed by atoms with Gasteiger partial charge in [-0.15, -0.1) is 12.4 Å². The van der Waals surface area contributed by atoms with Crippen LogP contribution in [0.4, 0.5) is 0 Å². The van der Waals surface area contributed by atoms with Gasteiger partial charge in [-0.3, -0.25) is 4.90 Å². The first kappa shape index (κ1) is 24.5. The van der Waals surface area contributed by atoms with Crippen LogP contribution in [0.15, 0.2) is 24.3 Å². The smallest absolute Gasteiger partial charge is 0.122 e. The molecule has 1 aliphatic carbocycles. The van der Waals surface area contributed by atoms with E-state index in [-0.39, 0.29) is 18.5 Å². The van der Waals surface area contributed by atoms with E-state index >= 15 is 0 Å². The average Bonchev–Trinajstić information content (AvgIpc) is 2.75. The lowest BCUT2D eigenvalue weighted by Gasteiger charge is -2.43. The molecule has 1 saturated carbocycles. The first-order valence-corrected chi connectivity index (χ1v) is 11.8. The molecule has 0 radical (unpaired) electrons. The number of nitrogens with zero attached hydrogens (tertiary/aromatic N) is 1. The van der Waals surface area contributed by atoms with Crippen LogP contribution in [-0.2, 0) is 4.74 Å². The van der Waals surface area contributed by atoms with Gasteiger partial charge < -0.3 is 9.47 Å². The molecule has 2 fully saturated rings. The van der Waals surface area contributed by atoms with Gasteiger partial charge in [0.2, 0.25) is 0 Å². The van der Waals surface area contributed by atoms with E-state index in [0.29, 0.717) is 5.92 Å². The molecule has 2 aliphatic rings. The first-order valence-electron chi connectivity index (χ1n) is 11.8. The van der Waals surface area contributed by atoms with Crippen molar-refractivity contribution in [2.75, 3.05) is 26.8 Å². The van der Waals surface area contributed by atoms with E-state index in [1.54, 1.807) is 7.11 Å². The summed E-state index contributed by atoms with van der Waals surface area (Å²) in [5.41, 5.74) is 1.33. The summed E-state index contributed by atoms with van der Waals surface area (Å²) < 4.78 is 12.1. The Balaban J connectivity index is 0.00000300. The summed E-state index contributed by atoms with van der Waals surface area (Å²) in [7, 11) is 1.79. The fourth-order valence-electron chi connectivity index (χ4n) is 5.19. The molecule has 1 saturated heterocycles. The van der Waals surface area contributed by atoms with Gasteiger partial charge in [0, 0.05) is 25.1 Å². The second-order valence-electron chi connectivity index (χ2n) is 8.75. The molecule has 0 aromatic heterocycles. The van der Waals surface area contributed by atoms with Crippen LogP contribution in [0.5, 0.6) is 5.75 Å². The number of para-hydroxylation sites is 1. The zero-order valence-corrected chi connectivity index (χ0v) is 19.4. The third-order valence-corrected chi connectivity index (χ3v) is 6.76. The molecule has 166 valence electrons. The van der Waals surface area contributed by atoms with Crippen LogP contribution >= 0.6 is 12.4 Å². The zero-order valence-electron chi connectivity index (χ0n) is 18.6. The van der Waals surface area contributed by atoms with Crippen LogP contribution in [0.1, 0.15) is 89.0 Å². The maximum Gasteiger partial charge on any atom is 0.122 e. The second kappa shape index (κ2) is 13.5. The van der Waals surface area contributed by atoms with Crippen LogP contribution in [0, 0.1) is 0 Å². The van der Waals surface area contributed by atoms with Crippen molar-refractivity contribution >= 4 is 12.4 Å². The second-order valence-corrected chi connectivity index (χ2v) is 8.75. The molecule has 0 bridgehead atoms. The lowest BCUT2D eigenvalue weighted by atomic mass is 9.84. The van der Waals surface area contributed by atoms with Crippen molar-refractivity contribution in [2.24, 2.45) is 0 Å². The number of piperidine rings is 1. The summed E-state index contributed by atoms with van der Waals surface area (Å²) in [6.07, 6.45) is 15.2. The molecule has 1 aliphatic heterocycles. The predicted octanol–water partition coefficient (Wildman–Crippen LogP) is 6.59. The molecular weight excluding hydrogens is 382 g/mol. The summed E-state index contributed by atoms with van der Waals surface area (Å²) in [6, 6.07) is 9.30. The maximum atomic E-state index is 6.42. The topological polar surface area (TPSA) is 21.7 Å². The molecule has 1 aromatic carbocycles. The van der Waals surface area contributed by atoms with Crippen LogP contribution in [0.3, 0.4) is 0 Å². The maximum absolute atomic E-state index is 6.42. The van der Waals surface area contributed by atoms with E-state index in [1.807, 2.05) is 0 Å². The minimum atomic E-state index is 0. The molecule has 3 rings (SSSR count). The Kier molecular flexibility index (Phi) is 11.4. The van der Waals surface area contributed by atoms with Gasteiger partial charge in [0.15, 0.2) is 0 Å². The van der Waals surface area contributed by atoms with Gasteiger partial charge in [-0.25, -0.2) is 0 Å². The van der Waals surface area contributed by atoms with E-state index in [1.165, 1.54) is 76.3 Å². The van der Waals surface area contributed by atoms with Gasteiger partial charge >= 0.3 is 0 Å². The zero-order chi connectivity index (χ0) is 19.6. The Hall–Kier alpha value is -0.770. The van der Waals surface area contributed by atoms with Crippen molar-refractivity contribution < 1.29 is 9.47 Å². The number of rotatable bonds is 6. The molecule has 3 nitrogen and oxygen atoms in total. The van der Waals surface area contributed by atoms with Gasteiger partial charge in [0.05, 0.1) is 13.2 Å². The highest BCUT2D eigenvalue weighted by Gasteiger charge is 2.35. The van der Waals surface area contributed by atoms with E-state index in [0.717, 1.165) is 31.4 Å². The minimum absolute atomic E-state index is 0. The summed E-state index contributed by atoms with van der Waals surface area (Å²) in [5.74, 6) is 1.46. The van der Waals surface area contributed by atoms with Crippen molar-refractivity contribution in [2.45, 2.75) is 95.6 Å². The molecule has 0 N–H and O–H groups in total. The van der Waals surface area contributed by atoms with Gasteiger partial charge in [0.25, 0.3) is 0 Å². The third kappa shape index (κ3) is 7.15. The fourth-order valence-corrected chi connectivity index (χ4v) is 5.19. The molecule has 0 amide bonds. The summed E-state index contributed by atoms with van der Waals surface area (Å²) in [5, 5.41) is 0. The highest BCUT2D eigenvalue weighted by atomic mass is 35.5. The molecule has 29 heavy (non-hydrogen) atoms. The van der Waals surface area contributed by atoms with Crippen molar-refractivity contribution in [3.05, 3.63) is 29.8 Å². The van der Waals surface area contributed by atoms with E-state index in [9.17, 15) is 0 Å². The highest BCUT2D eigenvalue weighted by molar-refractivity contribution is 5.85. The Bertz CT molecular complexity index is 558. The largest absolute Gasteiger partial charge is 0.496 e. The monoisotopic (exact) mass is 423 g/mol. The number of hydrogen-bond acceptors (Lipinski definition) is 3. The summed E-state index contributed by atoms with van der Waals surface area (Å²) in [4.78, 5) is 2.77. The first-order chi connectivity index (χ1) is 13.8. The van der Waals surface area contributed by atoms with Gasteiger partial charge in [-0.1, -0.05) is 70.1 Å². The molecule has 2 unspecified atom stereocenters. The highest BCUT2D eigenvalue weighted by Crippen LogP contribution is 2.37. The Morgan fingerprint density at radius 2 is 1.59 bits per heavy atom. The number of halogens is 1. The van der Waals surface area contributed by atoms with Crippen molar-refractivity contribution in [3.63, 3.8) is 0 Å². The van der Waals surface area contributed by atoms with Gasteiger partial charge in [-0.2, -0.15) is 0 Å². The van der Waals surface area contributed by atoms with E-state index < -0.39 is 0 Å². The SMILES string of the molecule is CCCOC1CN(C2CCCCCCCCC2)CCC1c1ccccc1OC.Cl. The van der Waals surface area contributed by atoms with E-state index in [2.05, 4.69) is 36.1 Å². The summed E-state index contributed by atoms with van der Waals surface area (Å²) >= 11 is 0. The Labute approximate surface area is 184 Å². The standard InChI is InChI=1S/C25H41NO2.ClH/c1-3-19-28-25-20-26(21-13-9-7-5-4-6-8-10-14-21)18-17-23(25)22-15-11-12-16-24(22)27-2;/h11-12,15-16,21,23,25H,3-10,13-14,17-20H2,1-2H3;1H. The van der Waals surface area contributed by atoms with Crippen molar-refractivity contribution in [3.8, 4) is 5.75 Å². The van der Waals surface area contributed by atoms with Crippen LogP contribution in [0.2, 0.25) is 0 Å². The molecule has 4 heteroatoms. The third-order valence-electron chi connectivity index (χ3n) is 6.76. The lowest BCUT2D eigenvalue weighted by Crippen LogP contribution is -2.48. The number of hydrogen-bond donors (Lipinski definition) is 0. The van der Waals surface area contributed by atoms with Crippen molar-refractivity contribution in [1.29, 1.82) is 0 Å². The molecular formula is C25H42ClNO2. The van der Waals surface area contributed by atoms with Crippen molar-refractivity contribution in [1.82, 2.24) is 4.90 Å². The minimum Gasteiger partial charge on any atom is -0.496 e. The van der Waals surface area contributed by atoms with Gasteiger partial charge in [-0.05, 0) is 43.9 Å². The lowest BCUT2D eigenvalue weighted by molar-refractivity contribution is -0.0295. The van der Waals surface area contributed by atoms with E-state index in [4.69, 9.17) is 9.47 Å². The normalized spacial score (nSPS) is 25.2. The van der Waals surface area contributed by atoms with Crippen LogP contribution < -0.4 is 4.74 Å². The number of methoxy groups -OCH3 is 1. The molecule has 1 aromatic rings. The Morgan fingerprint density at radius 1 is 0.931 bits per heavy atom. The van der Waals surface area contributed by atoms with Gasteiger partial charge in [0.1, 0.15) is 5.75 Å². The molecule has 0 spiro atoms. The molecule has 1 heterocycles. The quantitative estimate of drug-likeness (QED) is 0.514. The number of benzene rings is 1. The molecule has 2 atom stereocenters. The number of likely N-dealkylation sites (tertiary alicyclic amines) is 1.